The van der Waals surface area contributed by atoms with Crippen LogP contribution >= 0.6 is 0 Å². The quantitative estimate of drug-likeness (QED) is 0.505. The molecule has 2 aromatic heterocycles. The monoisotopic (exact) mass is 454 g/mol. The first-order valence-corrected chi connectivity index (χ1v) is 10.6. The van der Waals surface area contributed by atoms with Crippen LogP contribution in [0.15, 0.2) is 54.9 Å². The summed E-state index contributed by atoms with van der Waals surface area (Å²) >= 11 is 0. The van der Waals surface area contributed by atoms with Gasteiger partial charge in [0.25, 0.3) is 0 Å². The van der Waals surface area contributed by atoms with Gasteiger partial charge in [0.15, 0.2) is 0 Å². The van der Waals surface area contributed by atoms with Gasteiger partial charge in [0.1, 0.15) is 29.4 Å². The van der Waals surface area contributed by atoms with Gasteiger partial charge in [-0.3, -0.25) is 19.3 Å². The molecule has 3 heterocycles. The Morgan fingerprint density at radius 1 is 1.09 bits per heavy atom. The van der Waals surface area contributed by atoms with Crippen molar-refractivity contribution in [3.8, 4) is 11.4 Å². The van der Waals surface area contributed by atoms with Gasteiger partial charge in [0.05, 0.1) is 5.69 Å². The third-order valence-corrected chi connectivity index (χ3v) is 5.60. The third-order valence-electron chi connectivity index (χ3n) is 5.60. The molecule has 3 aromatic rings. The minimum absolute atomic E-state index is 0.0676. The molecule has 0 unspecified atom stereocenters. The van der Waals surface area contributed by atoms with Crippen molar-refractivity contribution in [2.75, 3.05) is 13.1 Å². The Bertz CT molecular complexity index is 1130. The van der Waals surface area contributed by atoms with Crippen LogP contribution in [0.1, 0.15) is 18.4 Å². The number of pyridine rings is 1. The molecular weight excluding hydrogens is 430 g/mol. The van der Waals surface area contributed by atoms with Crippen molar-refractivity contribution in [1.82, 2.24) is 30.7 Å². The Hall–Kier alpha value is -3.66. The van der Waals surface area contributed by atoms with E-state index in [0.29, 0.717) is 37.3 Å². The molecule has 4 rings (SSSR count). The Kier molecular flexibility index (Phi) is 6.74. The zero-order valence-corrected chi connectivity index (χ0v) is 17.9. The van der Waals surface area contributed by atoms with Gasteiger partial charge in [-0.1, -0.05) is 12.1 Å². The Balaban J connectivity index is 1.41. The number of nitrogens with one attached hydrogen (secondary N) is 3. The van der Waals surface area contributed by atoms with Crippen molar-refractivity contribution in [2.24, 2.45) is 0 Å². The largest absolute Gasteiger partial charge is 0.350 e. The molecule has 8 nitrogen and oxygen atoms in total. The van der Waals surface area contributed by atoms with Crippen molar-refractivity contribution in [1.29, 1.82) is 0 Å². The van der Waals surface area contributed by atoms with E-state index in [1.54, 1.807) is 18.5 Å². The highest BCUT2D eigenvalue weighted by Crippen LogP contribution is 2.20. The van der Waals surface area contributed by atoms with Gasteiger partial charge in [-0.25, -0.2) is 8.78 Å². The van der Waals surface area contributed by atoms with Crippen molar-refractivity contribution in [3.63, 3.8) is 0 Å². The molecule has 0 saturated carbocycles. The number of benzene rings is 1. The first-order chi connectivity index (χ1) is 15.9. The standard InChI is InChI=1S/C23H24F2N6O2/c24-17-5-4-16(18(25)13-17)14-28-22(33)23(7-10-26-11-8-23)29-21(32)15-31-12-6-20(30-31)19-3-1-2-9-27-19/h1-6,9,12-13,26H,7-8,10-11,14-15H2,(H,28,33)(H,29,32). The molecule has 1 aliphatic heterocycles. The minimum Gasteiger partial charge on any atom is -0.350 e. The summed E-state index contributed by atoms with van der Waals surface area (Å²) in [6, 6.07) is 10.4. The van der Waals surface area contributed by atoms with E-state index in [-0.39, 0.29) is 24.6 Å². The fourth-order valence-corrected chi connectivity index (χ4v) is 3.83. The summed E-state index contributed by atoms with van der Waals surface area (Å²) in [5.74, 6) is -2.19. The number of piperidine rings is 1. The lowest BCUT2D eigenvalue weighted by atomic mass is 9.87. The van der Waals surface area contributed by atoms with Crippen LogP contribution in [-0.4, -0.2) is 45.2 Å². The van der Waals surface area contributed by atoms with Crippen molar-refractivity contribution < 1.29 is 18.4 Å². The molecule has 1 aliphatic rings. The molecular formula is C23H24F2N6O2. The number of aromatic nitrogens is 3. The third kappa shape index (κ3) is 5.40. The SMILES string of the molecule is O=C(Cn1ccc(-c2ccccn2)n1)NC1(C(=O)NCc2ccc(F)cc2F)CCNCC1. The molecule has 10 heteroatoms. The maximum Gasteiger partial charge on any atom is 0.246 e. The molecule has 1 aromatic carbocycles. The van der Waals surface area contributed by atoms with E-state index in [2.05, 4.69) is 26.0 Å². The summed E-state index contributed by atoms with van der Waals surface area (Å²) in [4.78, 5) is 30.1. The highest BCUT2D eigenvalue weighted by atomic mass is 19.1. The van der Waals surface area contributed by atoms with Crippen LogP contribution in [0.25, 0.3) is 11.4 Å². The molecule has 1 fully saturated rings. The summed E-state index contributed by atoms with van der Waals surface area (Å²) < 4.78 is 28.5. The summed E-state index contributed by atoms with van der Waals surface area (Å²) in [6.45, 7) is 0.916. The van der Waals surface area contributed by atoms with E-state index in [1.165, 1.54) is 10.7 Å². The van der Waals surface area contributed by atoms with Gasteiger partial charge in [-0.15, -0.1) is 0 Å². The van der Waals surface area contributed by atoms with Crippen LogP contribution in [0.3, 0.4) is 0 Å². The van der Waals surface area contributed by atoms with Gasteiger partial charge in [-0.05, 0) is 50.2 Å². The van der Waals surface area contributed by atoms with Gasteiger partial charge in [-0.2, -0.15) is 5.10 Å². The Labute approximate surface area is 189 Å². The second kappa shape index (κ2) is 9.86. The molecule has 3 N–H and O–H groups in total. The maximum atomic E-state index is 13.9. The number of nitrogens with zero attached hydrogens (tertiary/aromatic N) is 3. The molecule has 2 amide bonds. The van der Waals surface area contributed by atoms with Crippen LogP contribution in [0.2, 0.25) is 0 Å². The number of hydrogen-bond donors (Lipinski definition) is 3. The van der Waals surface area contributed by atoms with E-state index in [9.17, 15) is 18.4 Å². The summed E-state index contributed by atoms with van der Waals surface area (Å²) in [5, 5.41) is 13.1. The molecule has 0 radical (unpaired) electrons. The van der Waals surface area contributed by atoms with E-state index in [1.807, 2.05) is 18.2 Å². The van der Waals surface area contributed by atoms with E-state index in [4.69, 9.17) is 0 Å². The topological polar surface area (TPSA) is 101 Å². The zero-order chi connectivity index (χ0) is 23.3. The predicted octanol–water partition coefficient (Wildman–Crippen LogP) is 1.78. The Morgan fingerprint density at radius 3 is 2.64 bits per heavy atom. The number of amides is 2. The van der Waals surface area contributed by atoms with E-state index >= 15 is 0 Å². The first kappa shape index (κ1) is 22.5. The number of hydrogen-bond acceptors (Lipinski definition) is 5. The number of carbonyl (C=O) groups excluding carboxylic acids is 2. The van der Waals surface area contributed by atoms with Crippen LogP contribution in [0.5, 0.6) is 0 Å². The molecule has 0 aliphatic carbocycles. The number of rotatable bonds is 7. The van der Waals surface area contributed by atoms with E-state index < -0.39 is 23.1 Å². The molecule has 1 saturated heterocycles. The van der Waals surface area contributed by atoms with E-state index in [0.717, 1.165) is 12.1 Å². The van der Waals surface area contributed by atoms with Gasteiger partial charge in [0, 0.05) is 30.6 Å². The summed E-state index contributed by atoms with van der Waals surface area (Å²) in [6.07, 6.45) is 4.11. The fraction of sp³-hybridized carbons (Fsp3) is 0.304. The fourth-order valence-electron chi connectivity index (χ4n) is 3.83. The summed E-state index contributed by atoms with van der Waals surface area (Å²) in [7, 11) is 0. The smallest absolute Gasteiger partial charge is 0.246 e. The normalized spacial score (nSPS) is 15.1. The second-order valence-corrected chi connectivity index (χ2v) is 7.91. The van der Waals surface area contributed by atoms with Crippen molar-refractivity contribution in [2.45, 2.75) is 31.5 Å². The van der Waals surface area contributed by atoms with Crippen LogP contribution in [-0.2, 0) is 22.7 Å². The number of halogens is 2. The first-order valence-electron chi connectivity index (χ1n) is 10.6. The molecule has 0 bridgehead atoms. The minimum atomic E-state index is -1.13. The lowest BCUT2D eigenvalue weighted by Crippen LogP contribution is -2.63. The highest BCUT2D eigenvalue weighted by Gasteiger charge is 2.40. The zero-order valence-electron chi connectivity index (χ0n) is 17.9. The van der Waals surface area contributed by atoms with Crippen LogP contribution < -0.4 is 16.0 Å². The predicted molar refractivity (Wildman–Crippen MR) is 117 cm³/mol. The second-order valence-electron chi connectivity index (χ2n) is 7.91. The van der Waals surface area contributed by atoms with Crippen LogP contribution in [0.4, 0.5) is 8.78 Å². The molecule has 33 heavy (non-hydrogen) atoms. The van der Waals surface area contributed by atoms with Gasteiger partial charge in [0.2, 0.25) is 11.8 Å². The summed E-state index contributed by atoms with van der Waals surface area (Å²) in [5.41, 5.74) is 0.368. The van der Waals surface area contributed by atoms with Crippen molar-refractivity contribution in [3.05, 3.63) is 72.1 Å². The lowest BCUT2D eigenvalue weighted by molar-refractivity contribution is -0.135. The van der Waals surface area contributed by atoms with Gasteiger partial charge < -0.3 is 16.0 Å². The molecule has 172 valence electrons. The molecule has 0 spiro atoms. The van der Waals surface area contributed by atoms with Crippen molar-refractivity contribution >= 4 is 11.8 Å². The average Bonchev–Trinajstić information content (AvgIpc) is 3.27. The Morgan fingerprint density at radius 2 is 1.91 bits per heavy atom. The maximum absolute atomic E-state index is 13.9. The lowest BCUT2D eigenvalue weighted by Gasteiger charge is -2.37. The van der Waals surface area contributed by atoms with Crippen LogP contribution in [0, 0.1) is 11.6 Å². The highest BCUT2D eigenvalue weighted by molar-refractivity contribution is 5.91. The number of carbonyl (C=O) groups is 2. The van der Waals surface area contributed by atoms with Gasteiger partial charge >= 0.3 is 0 Å². The average molecular weight is 454 g/mol. The molecule has 0 atom stereocenters.